The summed E-state index contributed by atoms with van der Waals surface area (Å²) in [6, 6.07) is 15.1. The van der Waals surface area contributed by atoms with Crippen molar-refractivity contribution in [3.8, 4) is 11.4 Å². The number of nitrogens with one attached hydrogen (secondary N) is 2. The largest absolute Gasteiger partial charge is 0.497 e. The normalized spacial score (nSPS) is 13.1. The predicted octanol–water partition coefficient (Wildman–Crippen LogP) is 1.55. The molecular weight excluding hydrogens is 416 g/mol. The lowest BCUT2D eigenvalue weighted by Crippen LogP contribution is -2.26. The van der Waals surface area contributed by atoms with Crippen LogP contribution in [-0.2, 0) is 23.1 Å². The van der Waals surface area contributed by atoms with Crippen molar-refractivity contribution in [2.24, 2.45) is 0 Å². The second-order valence-corrected chi connectivity index (χ2v) is 8.30. The van der Waals surface area contributed by atoms with Crippen LogP contribution >= 0.6 is 0 Å². The summed E-state index contributed by atoms with van der Waals surface area (Å²) in [7, 11) is 0.755. The number of nitrogens with zero attached hydrogens (tertiary/aromatic N) is 6. The number of aromatic amines is 1. The summed E-state index contributed by atoms with van der Waals surface area (Å²) in [4.78, 5) is 4.30. The summed E-state index contributed by atoms with van der Waals surface area (Å²) in [6.45, 7) is 0.552. The molecule has 2 unspecified atom stereocenters. The summed E-state index contributed by atoms with van der Waals surface area (Å²) < 4.78 is 18.3. The third-order valence-corrected chi connectivity index (χ3v) is 5.42. The van der Waals surface area contributed by atoms with Crippen LogP contribution in [0.4, 0.5) is 0 Å². The van der Waals surface area contributed by atoms with Gasteiger partial charge in [0.25, 0.3) is 0 Å². The Balaban J connectivity index is 1.57. The van der Waals surface area contributed by atoms with Gasteiger partial charge >= 0.3 is 0 Å². The van der Waals surface area contributed by atoms with Crippen molar-refractivity contribution in [1.29, 1.82) is 0 Å². The molecule has 2 aromatic carbocycles. The fourth-order valence-electron chi connectivity index (χ4n) is 3.15. The highest BCUT2D eigenvalue weighted by Gasteiger charge is 2.24. The molecule has 0 amide bonds. The van der Waals surface area contributed by atoms with Crippen molar-refractivity contribution < 1.29 is 8.95 Å². The lowest BCUT2D eigenvalue weighted by atomic mass is 10.1. The van der Waals surface area contributed by atoms with Gasteiger partial charge in [0.1, 0.15) is 23.9 Å². The molecule has 0 saturated carbocycles. The molecular formula is C20H22N8O2S. The molecule has 160 valence electrons. The molecule has 0 spiro atoms. The second-order valence-electron chi connectivity index (χ2n) is 6.87. The minimum Gasteiger partial charge on any atom is -0.497 e. The van der Waals surface area contributed by atoms with Crippen molar-refractivity contribution in [3.05, 3.63) is 77.6 Å². The van der Waals surface area contributed by atoms with Crippen LogP contribution < -0.4 is 10.1 Å². The molecule has 0 radical (unpaired) electrons. The Labute approximate surface area is 181 Å². The lowest BCUT2D eigenvalue weighted by Gasteiger charge is -2.16. The Bertz CT molecular complexity index is 1130. The number of H-pyrrole nitrogens is 1. The lowest BCUT2D eigenvalue weighted by molar-refractivity contribution is 0.414. The highest BCUT2D eigenvalue weighted by atomic mass is 32.2. The van der Waals surface area contributed by atoms with E-state index in [0.717, 1.165) is 22.6 Å². The molecule has 0 fully saturated rings. The zero-order chi connectivity index (χ0) is 21.6. The first kappa shape index (κ1) is 20.8. The van der Waals surface area contributed by atoms with Gasteiger partial charge in [0, 0.05) is 29.4 Å². The quantitative estimate of drug-likeness (QED) is 0.403. The molecule has 0 saturated heterocycles. The van der Waals surface area contributed by atoms with Gasteiger partial charge < -0.3 is 4.74 Å². The maximum Gasteiger partial charge on any atom is 0.181 e. The first-order chi connectivity index (χ1) is 15.1. The van der Waals surface area contributed by atoms with Gasteiger partial charge in [0.15, 0.2) is 5.82 Å². The Morgan fingerprint density at radius 2 is 1.87 bits per heavy atom. The molecule has 4 rings (SSSR count). The van der Waals surface area contributed by atoms with E-state index in [1.807, 2.05) is 48.5 Å². The maximum absolute atomic E-state index is 11.4. The molecule has 0 bridgehead atoms. The van der Waals surface area contributed by atoms with Crippen LogP contribution in [0.3, 0.4) is 0 Å². The average molecular weight is 439 g/mol. The summed E-state index contributed by atoms with van der Waals surface area (Å²) in [6.07, 6.45) is 3.15. The Kier molecular flexibility index (Phi) is 6.43. The van der Waals surface area contributed by atoms with Gasteiger partial charge in [-0.05, 0) is 45.8 Å². The van der Waals surface area contributed by atoms with Crippen LogP contribution in [0.15, 0.2) is 54.9 Å². The van der Waals surface area contributed by atoms with E-state index in [4.69, 9.17) is 4.74 Å². The fraction of sp³-hybridized carbons (Fsp3) is 0.250. The summed E-state index contributed by atoms with van der Waals surface area (Å²) >= 11 is 0. The third kappa shape index (κ3) is 5.01. The molecule has 0 aliphatic rings. The van der Waals surface area contributed by atoms with Crippen LogP contribution in [0, 0.1) is 0 Å². The van der Waals surface area contributed by atoms with E-state index >= 15 is 0 Å². The molecule has 10 nitrogen and oxygen atoms in total. The van der Waals surface area contributed by atoms with Crippen LogP contribution in [0.1, 0.15) is 28.8 Å². The molecule has 0 aliphatic heterocycles. The van der Waals surface area contributed by atoms with Crippen molar-refractivity contribution in [2.75, 3.05) is 13.4 Å². The highest BCUT2D eigenvalue weighted by molar-refractivity contribution is 7.83. The summed E-state index contributed by atoms with van der Waals surface area (Å²) in [5.41, 5.74) is 2.91. The van der Waals surface area contributed by atoms with E-state index in [1.54, 1.807) is 18.0 Å². The molecule has 2 atom stereocenters. The topological polar surface area (TPSA) is 124 Å². The first-order valence-corrected chi connectivity index (χ1v) is 11.3. The number of hydrogen-bond acceptors (Lipinski definition) is 8. The molecule has 2 aromatic heterocycles. The van der Waals surface area contributed by atoms with Crippen molar-refractivity contribution in [1.82, 2.24) is 40.7 Å². The van der Waals surface area contributed by atoms with Crippen LogP contribution in [0.5, 0.6) is 5.75 Å². The predicted molar refractivity (Wildman–Crippen MR) is 115 cm³/mol. The van der Waals surface area contributed by atoms with Gasteiger partial charge in [-0.3, -0.25) is 14.6 Å². The van der Waals surface area contributed by atoms with E-state index in [-0.39, 0.29) is 0 Å². The fourth-order valence-corrected chi connectivity index (χ4v) is 3.82. The van der Waals surface area contributed by atoms with Crippen molar-refractivity contribution in [2.45, 2.75) is 18.3 Å². The van der Waals surface area contributed by atoms with E-state index in [1.165, 1.54) is 6.33 Å². The first-order valence-electron chi connectivity index (χ1n) is 9.53. The summed E-state index contributed by atoms with van der Waals surface area (Å²) in [5, 5.41) is 22.6. The SMILES string of the molecule is COc1ccc(-n2nnnc2C(NCc2ccc(CS(C)=O)cc2)c2ncn[nH]2)cc1. The third-order valence-electron chi connectivity index (χ3n) is 4.68. The Morgan fingerprint density at radius 1 is 1.13 bits per heavy atom. The number of aromatic nitrogens is 7. The van der Waals surface area contributed by atoms with Gasteiger partial charge in [0.2, 0.25) is 0 Å². The number of rotatable bonds is 9. The van der Waals surface area contributed by atoms with Gasteiger partial charge in [-0.1, -0.05) is 24.3 Å². The highest BCUT2D eigenvalue weighted by Crippen LogP contribution is 2.21. The average Bonchev–Trinajstić information content (AvgIpc) is 3.48. The van der Waals surface area contributed by atoms with Crippen molar-refractivity contribution in [3.63, 3.8) is 0 Å². The molecule has 2 heterocycles. The zero-order valence-electron chi connectivity index (χ0n) is 17.1. The smallest absolute Gasteiger partial charge is 0.181 e. The van der Waals surface area contributed by atoms with Gasteiger partial charge in [-0.2, -0.15) is 9.78 Å². The molecule has 0 aliphatic carbocycles. The van der Waals surface area contributed by atoms with Crippen LogP contribution in [0.2, 0.25) is 0 Å². The van der Waals surface area contributed by atoms with Gasteiger partial charge in [-0.25, -0.2) is 4.98 Å². The minimum absolute atomic E-state index is 0.414. The van der Waals surface area contributed by atoms with E-state index in [2.05, 4.69) is 36.0 Å². The van der Waals surface area contributed by atoms with E-state index in [0.29, 0.717) is 23.9 Å². The number of benzene rings is 2. The zero-order valence-corrected chi connectivity index (χ0v) is 17.9. The van der Waals surface area contributed by atoms with E-state index < -0.39 is 16.8 Å². The molecule has 4 aromatic rings. The molecule has 31 heavy (non-hydrogen) atoms. The second kappa shape index (κ2) is 9.58. The number of tetrazole rings is 1. The Hall–Kier alpha value is -3.44. The Morgan fingerprint density at radius 3 is 2.52 bits per heavy atom. The van der Waals surface area contributed by atoms with Crippen molar-refractivity contribution >= 4 is 10.8 Å². The van der Waals surface area contributed by atoms with Crippen LogP contribution in [-0.4, -0.2) is 53.0 Å². The van der Waals surface area contributed by atoms with Gasteiger partial charge in [0.05, 0.1) is 12.8 Å². The minimum atomic E-state index is -0.866. The maximum atomic E-state index is 11.4. The van der Waals surface area contributed by atoms with E-state index in [9.17, 15) is 4.21 Å². The number of hydrogen-bond donors (Lipinski definition) is 2. The molecule has 2 N–H and O–H groups in total. The molecule has 11 heteroatoms. The summed E-state index contributed by atoms with van der Waals surface area (Å²) in [5.74, 6) is 2.46. The number of ether oxygens (including phenoxy) is 1. The van der Waals surface area contributed by atoms with Gasteiger partial charge in [-0.15, -0.1) is 5.10 Å². The monoisotopic (exact) mass is 438 g/mol. The standard InChI is InChI=1S/C20H22N8O2S/c1-30-17-9-7-16(8-10-17)28-20(25-26-27-28)18(19-22-13-23-24-19)21-11-14-3-5-15(6-4-14)12-31(2)29/h3-10,13,18,21H,11-12H2,1-2H3,(H,22,23,24). The van der Waals surface area contributed by atoms with Crippen LogP contribution in [0.25, 0.3) is 5.69 Å². The number of methoxy groups -OCH3 is 1.